The Hall–Kier alpha value is -2.61. The van der Waals surface area contributed by atoms with Crippen molar-refractivity contribution >= 4 is 23.0 Å². The Morgan fingerprint density at radius 3 is 2.58 bits per heavy atom. The molecule has 140 valence electrons. The van der Waals surface area contributed by atoms with Crippen molar-refractivity contribution in [2.45, 2.75) is 13.0 Å². The topological polar surface area (TPSA) is 51.8 Å². The molecule has 0 saturated heterocycles. The van der Waals surface area contributed by atoms with Crippen LogP contribution in [-0.4, -0.2) is 32.5 Å². The van der Waals surface area contributed by atoms with E-state index in [1.807, 2.05) is 24.3 Å². The predicted octanol–water partition coefficient (Wildman–Crippen LogP) is 3.83. The van der Waals surface area contributed by atoms with Gasteiger partial charge in [0.1, 0.15) is 5.75 Å². The minimum atomic E-state index is -2.89. The first-order valence-electron chi connectivity index (χ1n) is 7.82. The van der Waals surface area contributed by atoms with Gasteiger partial charge in [0.05, 0.1) is 14.2 Å². The molecule has 0 bridgehead atoms. The van der Waals surface area contributed by atoms with Crippen molar-refractivity contribution in [3.63, 3.8) is 0 Å². The maximum atomic E-state index is 12.3. The molecule has 26 heavy (non-hydrogen) atoms. The second kappa shape index (κ2) is 9.76. The third-order valence-electron chi connectivity index (χ3n) is 3.47. The minimum absolute atomic E-state index is 0.00872. The molecular weight excluding hydrogens is 362 g/mol. The molecule has 5 nitrogen and oxygen atoms in total. The summed E-state index contributed by atoms with van der Waals surface area (Å²) < 4.78 is 39.3. The predicted molar refractivity (Wildman–Crippen MR) is 101 cm³/mol. The number of hydrogen-bond acceptors (Lipinski definition) is 4. The zero-order valence-corrected chi connectivity index (χ0v) is 15.2. The van der Waals surface area contributed by atoms with Gasteiger partial charge in [-0.1, -0.05) is 12.1 Å². The van der Waals surface area contributed by atoms with Gasteiger partial charge in [-0.3, -0.25) is 0 Å². The summed E-state index contributed by atoms with van der Waals surface area (Å²) in [5.41, 5.74) is 1.72. The van der Waals surface area contributed by atoms with Gasteiger partial charge in [-0.2, -0.15) is 8.78 Å². The lowest BCUT2D eigenvalue weighted by molar-refractivity contribution is -0.0512. The van der Waals surface area contributed by atoms with Crippen molar-refractivity contribution in [2.75, 3.05) is 26.1 Å². The highest BCUT2D eigenvalue weighted by atomic mass is 32.1. The number of alkyl halides is 2. The summed E-state index contributed by atoms with van der Waals surface area (Å²) in [6.45, 7) is -2.33. The molecule has 0 aliphatic heterocycles. The van der Waals surface area contributed by atoms with E-state index >= 15 is 0 Å². The molecule has 2 rings (SSSR count). The second-order valence-electron chi connectivity index (χ2n) is 5.23. The van der Waals surface area contributed by atoms with Gasteiger partial charge < -0.3 is 24.8 Å². The summed E-state index contributed by atoms with van der Waals surface area (Å²) >= 11 is 5.26. The van der Waals surface area contributed by atoms with Crippen LogP contribution in [0.2, 0.25) is 0 Å². The van der Waals surface area contributed by atoms with Gasteiger partial charge >= 0.3 is 6.61 Å². The first kappa shape index (κ1) is 19.7. The number of hydrogen-bond donors (Lipinski definition) is 2. The maximum absolute atomic E-state index is 12.3. The molecule has 2 aromatic rings. The third kappa shape index (κ3) is 6.03. The van der Waals surface area contributed by atoms with Crippen molar-refractivity contribution in [2.24, 2.45) is 0 Å². The first-order valence-corrected chi connectivity index (χ1v) is 8.23. The number of thiocarbonyl (C=S) groups is 1. The molecule has 0 aliphatic rings. The lowest BCUT2D eigenvalue weighted by Crippen LogP contribution is -2.30. The maximum Gasteiger partial charge on any atom is 0.387 e. The Labute approximate surface area is 156 Å². The van der Waals surface area contributed by atoms with Crippen LogP contribution in [0.1, 0.15) is 5.56 Å². The van der Waals surface area contributed by atoms with E-state index in [0.29, 0.717) is 18.1 Å². The van der Waals surface area contributed by atoms with E-state index < -0.39 is 6.61 Å². The molecule has 0 saturated carbocycles. The van der Waals surface area contributed by atoms with Gasteiger partial charge in [-0.25, -0.2) is 0 Å². The smallest absolute Gasteiger partial charge is 0.387 e. The Morgan fingerprint density at radius 1 is 1.08 bits per heavy atom. The van der Waals surface area contributed by atoms with Crippen LogP contribution < -0.4 is 24.8 Å². The summed E-state index contributed by atoms with van der Waals surface area (Å²) in [5.74, 6) is 1.00. The van der Waals surface area contributed by atoms with Crippen molar-refractivity contribution in [1.82, 2.24) is 5.32 Å². The van der Waals surface area contributed by atoms with Gasteiger partial charge in [-0.15, -0.1) is 0 Å². The van der Waals surface area contributed by atoms with Gasteiger partial charge in [0.2, 0.25) is 0 Å². The molecule has 2 N–H and O–H groups in total. The fourth-order valence-electron chi connectivity index (χ4n) is 2.26. The SMILES string of the molecule is COc1cccc(NC(=S)NCCc2ccc(OC(F)F)c(OC)c2)c1. The number of benzene rings is 2. The Balaban J connectivity index is 1.85. The Morgan fingerprint density at radius 2 is 1.88 bits per heavy atom. The van der Waals surface area contributed by atoms with E-state index in [1.165, 1.54) is 13.2 Å². The number of halogens is 2. The van der Waals surface area contributed by atoms with Gasteiger partial charge in [0.15, 0.2) is 16.6 Å². The number of methoxy groups -OCH3 is 2. The highest BCUT2D eigenvalue weighted by molar-refractivity contribution is 7.80. The molecule has 0 heterocycles. The number of nitrogens with one attached hydrogen (secondary N) is 2. The lowest BCUT2D eigenvalue weighted by atomic mass is 10.1. The molecule has 0 aliphatic carbocycles. The van der Waals surface area contributed by atoms with Crippen molar-refractivity contribution in [1.29, 1.82) is 0 Å². The average molecular weight is 382 g/mol. The van der Waals surface area contributed by atoms with Gasteiger partial charge in [-0.05, 0) is 48.5 Å². The Kier molecular flexibility index (Phi) is 7.40. The standard InChI is InChI=1S/C18H20F2N2O3S/c1-23-14-5-3-4-13(11-14)22-18(26)21-9-8-12-6-7-15(25-17(19)20)16(10-12)24-2/h3-7,10-11,17H,8-9H2,1-2H3,(H2,21,22,26). The molecule has 0 unspecified atom stereocenters. The second-order valence-corrected chi connectivity index (χ2v) is 5.63. The molecule has 0 aromatic heterocycles. The molecule has 0 spiro atoms. The molecule has 0 fully saturated rings. The van der Waals surface area contributed by atoms with Crippen molar-refractivity contribution in [3.8, 4) is 17.2 Å². The van der Waals surface area contributed by atoms with Crippen LogP contribution >= 0.6 is 12.2 Å². The summed E-state index contributed by atoms with van der Waals surface area (Å²) in [5, 5.41) is 6.63. The van der Waals surface area contributed by atoms with E-state index in [9.17, 15) is 8.78 Å². The summed E-state index contributed by atoms with van der Waals surface area (Å²) in [4.78, 5) is 0. The third-order valence-corrected chi connectivity index (χ3v) is 3.72. The molecule has 8 heteroatoms. The van der Waals surface area contributed by atoms with E-state index in [1.54, 1.807) is 19.2 Å². The summed E-state index contributed by atoms with van der Waals surface area (Å²) in [7, 11) is 3.00. The van der Waals surface area contributed by atoms with E-state index in [2.05, 4.69) is 15.4 Å². The van der Waals surface area contributed by atoms with Crippen LogP contribution in [0.15, 0.2) is 42.5 Å². The van der Waals surface area contributed by atoms with Crippen molar-refractivity contribution < 1.29 is 23.0 Å². The van der Waals surface area contributed by atoms with Crippen LogP contribution in [0.5, 0.6) is 17.2 Å². The van der Waals surface area contributed by atoms with Crippen molar-refractivity contribution in [3.05, 3.63) is 48.0 Å². The van der Waals surface area contributed by atoms with E-state index in [-0.39, 0.29) is 11.5 Å². The number of rotatable bonds is 8. The highest BCUT2D eigenvalue weighted by Gasteiger charge is 2.11. The van der Waals surface area contributed by atoms with Gasteiger partial charge in [0, 0.05) is 18.3 Å². The average Bonchev–Trinajstić information content (AvgIpc) is 2.62. The van der Waals surface area contributed by atoms with Crippen LogP contribution in [0.25, 0.3) is 0 Å². The van der Waals surface area contributed by atoms with E-state index in [0.717, 1.165) is 17.0 Å². The molecule has 0 amide bonds. The number of anilines is 1. The lowest BCUT2D eigenvalue weighted by Gasteiger charge is -2.13. The largest absolute Gasteiger partial charge is 0.497 e. The number of ether oxygens (including phenoxy) is 3. The van der Waals surface area contributed by atoms with Crippen LogP contribution in [-0.2, 0) is 6.42 Å². The summed E-state index contributed by atoms with van der Waals surface area (Å²) in [6.07, 6.45) is 0.630. The fraction of sp³-hybridized carbons (Fsp3) is 0.278. The minimum Gasteiger partial charge on any atom is -0.497 e. The van der Waals surface area contributed by atoms with Crippen LogP contribution in [0.4, 0.5) is 14.5 Å². The summed E-state index contributed by atoms with van der Waals surface area (Å²) in [6, 6.07) is 12.3. The first-order chi connectivity index (χ1) is 12.5. The normalized spacial score (nSPS) is 10.3. The molecule has 2 aromatic carbocycles. The quantitative estimate of drug-likeness (QED) is 0.677. The molecule has 0 radical (unpaired) electrons. The zero-order chi connectivity index (χ0) is 18.9. The monoisotopic (exact) mass is 382 g/mol. The van der Waals surface area contributed by atoms with E-state index in [4.69, 9.17) is 21.7 Å². The Bertz CT molecular complexity index is 744. The zero-order valence-electron chi connectivity index (χ0n) is 14.4. The van der Waals surface area contributed by atoms with Crippen LogP contribution in [0, 0.1) is 0 Å². The van der Waals surface area contributed by atoms with Gasteiger partial charge in [0.25, 0.3) is 0 Å². The molecular formula is C18H20F2N2O3S. The van der Waals surface area contributed by atoms with Crippen LogP contribution in [0.3, 0.4) is 0 Å². The molecule has 0 atom stereocenters. The highest BCUT2D eigenvalue weighted by Crippen LogP contribution is 2.29. The fourth-order valence-corrected chi connectivity index (χ4v) is 2.48.